The monoisotopic (exact) mass is 705 g/mol. The Morgan fingerprint density at radius 1 is 1.24 bits per heavy atom. The molecule has 3 fully saturated rings. The molecule has 9 unspecified atom stereocenters. The summed E-state index contributed by atoms with van der Waals surface area (Å²) in [5.74, 6) is -0.663. The number of nitrogens with two attached hydrogens (primary N) is 1. The fourth-order valence-electron chi connectivity index (χ4n) is 9.10. The predicted octanol–water partition coefficient (Wildman–Crippen LogP) is 7.74. The molecule has 0 aliphatic heterocycles. The highest BCUT2D eigenvalue weighted by Crippen LogP contribution is 2.77. The van der Waals surface area contributed by atoms with E-state index >= 15 is 0 Å². The van der Waals surface area contributed by atoms with Crippen molar-refractivity contribution in [2.75, 3.05) is 25.2 Å². The van der Waals surface area contributed by atoms with E-state index < -0.39 is 60.7 Å². The van der Waals surface area contributed by atoms with Crippen molar-refractivity contribution in [1.82, 2.24) is 0 Å². The summed E-state index contributed by atoms with van der Waals surface area (Å²) in [5, 5.41) is 11.8. The van der Waals surface area contributed by atoms with Gasteiger partial charge in [-0.25, -0.2) is 4.57 Å². The van der Waals surface area contributed by atoms with Crippen molar-refractivity contribution in [3.63, 3.8) is 0 Å². The van der Waals surface area contributed by atoms with Crippen molar-refractivity contribution in [3.05, 3.63) is 12.2 Å². The van der Waals surface area contributed by atoms with E-state index in [0.717, 1.165) is 0 Å². The number of rotatable bonds is 11. The van der Waals surface area contributed by atoms with Crippen molar-refractivity contribution < 1.29 is 41.2 Å². The minimum Gasteiger partial charge on any atom is -0.393 e. The zero-order chi connectivity index (χ0) is 31.8. The standard InChI is InChI=1S/C29H48BrF3NO6PS/c1-7-12-28-19(5)16-27(18-37-29(31,32)33)25(6,17-30)23(35)11-13-26(27,8-2)22(28)14-20(34)21(42)15-24(28)40-41(36,38-9-3)39-10-4/h7,12,19-20,22-24,35H,8-11,13-18,34H2,1-6H3/b12-7+. The zero-order valence-electron chi connectivity index (χ0n) is 25.5. The van der Waals surface area contributed by atoms with Crippen molar-refractivity contribution in [3.8, 4) is 0 Å². The van der Waals surface area contributed by atoms with E-state index in [1.807, 2.05) is 33.8 Å². The molecule has 0 aromatic heterocycles. The van der Waals surface area contributed by atoms with Gasteiger partial charge in [-0.3, -0.25) is 18.3 Å². The first-order valence-electron chi connectivity index (χ1n) is 15.0. The maximum absolute atomic E-state index is 13.9. The average Bonchev–Trinajstić information content (AvgIpc) is 3.01. The van der Waals surface area contributed by atoms with Crippen molar-refractivity contribution >= 4 is 40.8 Å². The fraction of sp³-hybridized carbons (Fsp3) is 0.897. The van der Waals surface area contributed by atoms with Gasteiger partial charge in [-0.1, -0.05) is 61.1 Å². The molecule has 0 saturated heterocycles. The van der Waals surface area contributed by atoms with Crippen LogP contribution in [0.3, 0.4) is 0 Å². The first-order valence-corrected chi connectivity index (χ1v) is 17.9. The maximum Gasteiger partial charge on any atom is 0.522 e. The van der Waals surface area contributed by atoms with Crippen molar-refractivity contribution in [2.45, 2.75) is 105 Å². The topological polar surface area (TPSA) is 100 Å². The van der Waals surface area contributed by atoms with Gasteiger partial charge in [-0.2, -0.15) is 0 Å². The zero-order valence-corrected chi connectivity index (χ0v) is 28.8. The lowest BCUT2D eigenvalue weighted by Crippen LogP contribution is -2.72. The minimum atomic E-state index is -4.85. The average molecular weight is 707 g/mol. The molecule has 3 saturated carbocycles. The van der Waals surface area contributed by atoms with E-state index in [1.54, 1.807) is 13.8 Å². The third-order valence-corrected chi connectivity index (χ3v) is 14.2. The summed E-state index contributed by atoms with van der Waals surface area (Å²) in [6.45, 7) is 10.8. The van der Waals surface area contributed by atoms with E-state index in [0.29, 0.717) is 37.0 Å². The first-order chi connectivity index (χ1) is 19.5. The summed E-state index contributed by atoms with van der Waals surface area (Å²) < 4.78 is 77.6. The second-order valence-electron chi connectivity index (χ2n) is 12.5. The molecule has 13 heteroatoms. The number of halogens is 4. The largest absolute Gasteiger partial charge is 0.522 e. The molecule has 0 aromatic carbocycles. The molecule has 9 atom stereocenters. The van der Waals surface area contributed by atoms with Crippen LogP contribution < -0.4 is 5.73 Å². The van der Waals surface area contributed by atoms with Gasteiger partial charge < -0.3 is 10.8 Å². The summed E-state index contributed by atoms with van der Waals surface area (Å²) in [6.07, 6.45) is -0.174. The van der Waals surface area contributed by atoms with Gasteiger partial charge in [0.2, 0.25) is 0 Å². The second-order valence-corrected chi connectivity index (χ2v) is 15.2. The smallest absolute Gasteiger partial charge is 0.393 e. The van der Waals surface area contributed by atoms with Gasteiger partial charge in [-0.15, -0.1) is 13.2 Å². The Morgan fingerprint density at radius 2 is 1.86 bits per heavy atom. The maximum atomic E-state index is 13.9. The number of thiocarbonyl (C=S) groups is 1. The molecule has 0 heterocycles. The van der Waals surface area contributed by atoms with E-state index in [4.69, 9.17) is 36.3 Å². The van der Waals surface area contributed by atoms with Gasteiger partial charge in [0.25, 0.3) is 0 Å². The lowest BCUT2D eigenvalue weighted by atomic mass is 9.32. The van der Waals surface area contributed by atoms with Crippen LogP contribution in [0, 0.1) is 33.5 Å². The molecule has 3 N–H and O–H groups in total. The van der Waals surface area contributed by atoms with Crippen molar-refractivity contribution in [2.24, 2.45) is 39.2 Å². The van der Waals surface area contributed by atoms with Gasteiger partial charge in [0.1, 0.15) is 0 Å². The third kappa shape index (κ3) is 5.99. The molecular formula is C29H48BrF3NO6PS. The molecule has 3 rings (SSSR count). The number of aliphatic hydroxyl groups is 1. The summed E-state index contributed by atoms with van der Waals surface area (Å²) in [6, 6.07) is -0.543. The van der Waals surface area contributed by atoms with Crippen LogP contribution in [0.4, 0.5) is 13.2 Å². The molecule has 42 heavy (non-hydrogen) atoms. The van der Waals surface area contributed by atoms with Gasteiger partial charge in [0, 0.05) is 38.9 Å². The van der Waals surface area contributed by atoms with Crippen molar-refractivity contribution in [1.29, 1.82) is 0 Å². The van der Waals surface area contributed by atoms with Gasteiger partial charge in [0.15, 0.2) is 0 Å². The number of phosphoric acid groups is 1. The van der Waals surface area contributed by atoms with Crippen LogP contribution in [0.1, 0.15) is 80.1 Å². The van der Waals surface area contributed by atoms with E-state index in [2.05, 4.69) is 22.0 Å². The number of ether oxygens (including phenoxy) is 1. The lowest BCUT2D eigenvalue weighted by molar-refractivity contribution is -0.364. The number of phosphoric ester groups is 1. The van der Waals surface area contributed by atoms with Gasteiger partial charge >= 0.3 is 14.2 Å². The van der Waals surface area contributed by atoms with Crippen LogP contribution in [0.5, 0.6) is 0 Å². The first kappa shape index (κ1) is 36.6. The summed E-state index contributed by atoms with van der Waals surface area (Å²) in [4.78, 5) is 0.549. The quantitative estimate of drug-likeness (QED) is 0.0975. The molecule has 0 radical (unpaired) electrons. The minimum absolute atomic E-state index is 0.0990. The van der Waals surface area contributed by atoms with Crippen LogP contribution in [0.15, 0.2) is 12.2 Å². The molecule has 0 aromatic rings. The van der Waals surface area contributed by atoms with E-state index in [1.165, 1.54) is 0 Å². The number of allylic oxidation sites excluding steroid dienone is 1. The van der Waals surface area contributed by atoms with Gasteiger partial charge in [0.05, 0.1) is 32.0 Å². The normalized spacial score (nSPS) is 41.4. The highest BCUT2D eigenvalue weighted by atomic mass is 79.9. The third-order valence-electron chi connectivity index (χ3n) is 10.9. The van der Waals surface area contributed by atoms with Crippen LogP contribution in [-0.2, 0) is 22.9 Å². The SMILES string of the molecule is C/C=C/C12C(C)CC3(COC(F)(F)F)C(C)(CBr)C(O)CCC3(CC)C1CC(N)C(=S)CC2OP(=O)(OCC)OCC. The second kappa shape index (κ2) is 13.4. The number of fused-ring (bicyclic) bond motifs is 3. The summed E-state index contributed by atoms with van der Waals surface area (Å²) in [7, 11) is -4.02. The number of hydrogen-bond donors (Lipinski definition) is 2. The van der Waals surface area contributed by atoms with Crippen LogP contribution in [-0.4, -0.2) is 59.7 Å². The number of aliphatic hydroxyl groups excluding tert-OH is 1. The van der Waals surface area contributed by atoms with E-state index in [-0.39, 0.29) is 36.8 Å². The number of hydrogen-bond acceptors (Lipinski definition) is 8. The van der Waals surface area contributed by atoms with Gasteiger partial charge in [-0.05, 0) is 70.1 Å². The van der Waals surface area contributed by atoms with Crippen LogP contribution in [0.2, 0.25) is 0 Å². The predicted molar refractivity (Wildman–Crippen MR) is 164 cm³/mol. The Morgan fingerprint density at radius 3 is 2.36 bits per heavy atom. The molecule has 7 nitrogen and oxygen atoms in total. The molecule has 0 amide bonds. The molecular weight excluding hydrogens is 658 g/mol. The summed E-state index contributed by atoms with van der Waals surface area (Å²) in [5.41, 5.74) is 3.10. The Labute approximate surface area is 262 Å². The van der Waals surface area contributed by atoms with Crippen LogP contribution in [0.25, 0.3) is 0 Å². The Hall–Kier alpha value is 0.0900. The Bertz CT molecular complexity index is 1040. The number of alkyl halides is 4. The Balaban J connectivity index is 2.38. The lowest BCUT2D eigenvalue weighted by Gasteiger charge is -2.73. The highest BCUT2D eigenvalue weighted by molar-refractivity contribution is 9.09. The molecule has 244 valence electrons. The molecule has 0 spiro atoms. The Kier molecular flexibility index (Phi) is 11.7. The molecule has 3 aliphatic rings. The molecule has 0 bridgehead atoms. The highest BCUT2D eigenvalue weighted by Gasteiger charge is 2.75. The summed E-state index contributed by atoms with van der Waals surface area (Å²) >= 11 is 9.42. The fourth-order valence-corrected chi connectivity index (χ4v) is 11.7. The molecule has 3 aliphatic carbocycles. The van der Waals surface area contributed by atoms with E-state index in [9.17, 15) is 22.8 Å². The van der Waals surface area contributed by atoms with Crippen LogP contribution >= 0.6 is 36.0 Å².